The number of hydrogen-bond donors (Lipinski definition) is 2. The number of rotatable bonds is 2. The molecule has 0 saturated carbocycles. The van der Waals surface area contributed by atoms with Crippen LogP contribution in [0.4, 0.5) is 5.82 Å². The molecule has 3 N–H and O–H groups in total. The molecule has 35 heavy (non-hydrogen) atoms. The number of pyridine rings is 1. The summed E-state index contributed by atoms with van der Waals surface area (Å²) in [4.78, 5) is 26.3. The Kier molecular flexibility index (Phi) is 5.13. The first-order valence-corrected chi connectivity index (χ1v) is 11.2. The van der Waals surface area contributed by atoms with E-state index >= 15 is 0 Å². The van der Waals surface area contributed by atoms with Gasteiger partial charge in [-0.3, -0.25) is 4.79 Å². The summed E-state index contributed by atoms with van der Waals surface area (Å²) in [5.74, 6) is 6.76. The number of nitrogens with one attached hydrogen (secondary N) is 1. The Balaban J connectivity index is 1.30. The molecule has 9 nitrogen and oxygen atoms in total. The molecule has 0 radical (unpaired) electrons. The lowest BCUT2D eigenvalue weighted by atomic mass is 10.1. The minimum Gasteiger partial charge on any atom is -0.384 e. The molecular formula is C26H21N7O2. The molecule has 4 aromatic heterocycles. The molecule has 6 rings (SSSR count). The molecule has 0 bridgehead atoms. The summed E-state index contributed by atoms with van der Waals surface area (Å²) in [6.45, 7) is 2.39. The molecule has 1 amide bonds. The van der Waals surface area contributed by atoms with Crippen molar-refractivity contribution in [2.24, 2.45) is 0 Å². The number of nitrogen functional groups attached to an aromatic ring is 1. The van der Waals surface area contributed by atoms with Crippen molar-refractivity contribution >= 4 is 28.4 Å². The second-order valence-corrected chi connectivity index (χ2v) is 8.20. The Bertz CT molecular complexity index is 1620. The average molecular weight is 464 g/mol. The standard InChI is InChI=1S/C26H21N7O2/c27-23-15-19(21-9-10-28-25(21)30-23)5-6-20-16-29-24-8-7-22(31-33(20)24)17-1-3-18(4-2-17)26(34)32-11-13-35-14-12-32/h1-4,7-10,15-16H,11-14H2,(H3,27,28,30). The first-order valence-electron chi connectivity index (χ1n) is 11.2. The summed E-state index contributed by atoms with van der Waals surface area (Å²) in [7, 11) is 0. The van der Waals surface area contributed by atoms with Gasteiger partial charge < -0.3 is 20.4 Å². The number of hydrogen-bond acceptors (Lipinski definition) is 6. The first-order chi connectivity index (χ1) is 17.2. The van der Waals surface area contributed by atoms with Crippen LogP contribution in [0.2, 0.25) is 0 Å². The molecule has 1 aliphatic heterocycles. The fourth-order valence-corrected chi connectivity index (χ4v) is 4.14. The average Bonchev–Trinajstić information content (AvgIpc) is 3.54. The lowest BCUT2D eigenvalue weighted by molar-refractivity contribution is 0.0303. The summed E-state index contributed by atoms with van der Waals surface area (Å²) in [5.41, 5.74) is 11.0. The number of aromatic amines is 1. The number of carbonyl (C=O) groups is 1. The number of amides is 1. The Morgan fingerprint density at radius 1 is 1.06 bits per heavy atom. The van der Waals surface area contributed by atoms with Crippen LogP contribution < -0.4 is 5.73 Å². The van der Waals surface area contributed by atoms with Crippen molar-refractivity contribution in [2.45, 2.75) is 0 Å². The van der Waals surface area contributed by atoms with E-state index < -0.39 is 0 Å². The van der Waals surface area contributed by atoms with E-state index in [9.17, 15) is 4.79 Å². The molecule has 1 aromatic carbocycles. The van der Waals surface area contributed by atoms with Gasteiger partial charge in [-0.1, -0.05) is 18.1 Å². The van der Waals surface area contributed by atoms with E-state index in [0.29, 0.717) is 54.7 Å². The largest absolute Gasteiger partial charge is 0.384 e. The van der Waals surface area contributed by atoms with Gasteiger partial charge >= 0.3 is 0 Å². The van der Waals surface area contributed by atoms with Crippen LogP contribution in [0, 0.1) is 11.8 Å². The number of ether oxygens (including phenoxy) is 1. The van der Waals surface area contributed by atoms with Crippen molar-refractivity contribution in [1.29, 1.82) is 0 Å². The molecule has 1 fully saturated rings. The number of benzene rings is 1. The molecular weight excluding hydrogens is 442 g/mol. The molecule has 0 unspecified atom stereocenters. The fourth-order valence-electron chi connectivity index (χ4n) is 4.14. The molecule has 0 aliphatic carbocycles. The Hall–Kier alpha value is -4.68. The Morgan fingerprint density at radius 2 is 1.89 bits per heavy atom. The van der Waals surface area contributed by atoms with Crippen LogP contribution in [-0.2, 0) is 4.74 Å². The summed E-state index contributed by atoms with van der Waals surface area (Å²) >= 11 is 0. The van der Waals surface area contributed by atoms with Crippen LogP contribution in [0.5, 0.6) is 0 Å². The van der Waals surface area contributed by atoms with Gasteiger partial charge in [-0.25, -0.2) is 14.5 Å². The number of aromatic nitrogens is 5. The van der Waals surface area contributed by atoms with Crippen molar-refractivity contribution in [2.75, 3.05) is 32.0 Å². The third kappa shape index (κ3) is 3.96. The minimum atomic E-state index is 0.0173. The first kappa shape index (κ1) is 20.9. The van der Waals surface area contributed by atoms with Gasteiger partial charge in [0, 0.05) is 41.4 Å². The second kappa shape index (κ2) is 8.59. The van der Waals surface area contributed by atoms with Crippen molar-refractivity contribution < 1.29 is 9.53 Å². The highest BCUT2D eigenvalue weighted by Crippen LogP contribution is 2.20. The second-order valence-electron chi connectivity index (χ2n) is 8.20. The molecule has 1 saturated heterocycles. The Morgan fingerprint density at radius 3 is 2.71 bits per heavy atom. The predicted molar refractivity (Wildman–Crippen MR) is 132 cm³/mol. The van der Waals surface area contributed by atoms with Crippen LogP contribution >= 0.6 is 0 Å². The maximum atomic E-state index is 12.7. The quantitative estimate of drug-likeness (QED) is 0.389. The van der Waals surface area contributed by atoms with E-state index in [1.807, 2.05) is 53.6 Å². The monoisotopic (exact) mass is 463 g/mol. The van der Waals surface area contributed by atoms with Crippen LogP contribution in [0.15, 0.2) is 60.9 Å². The summed E-state index contributed by atoms with van der Waals surface area (Å²) in [6, 6.07) is 15.0. The van der Waals surface area contributed by atoms with Gasteiger partial charge in [-0.15, -0.1) is 0 Å². The SMILES string of the molecule is Nc1cc(C#Cc2cnc3ccc(-c4ccc(C(=O)N5CCOCC5)cc4)nn23)c2cc[nH]c2n1. The van der Waals surface area contributed by atoms with Crippen molar-refractivity contribution in [1.82, 2.24) is 29.5 Å². The third-order valence-corrected chi connectivity index (χ3v) is 5.96. The number of nitrogens with two attached hydrogens (primary N) is 1. The van der Waals surface area contributed by atoms with E-state index in [1.54, 1.807) is 16.8 Å². The minimum absolute atomic E-state index is 0.0173. The van der Waals surface area contributed by atoms with Gasteiger partial charge in [-0.05, 0) is 42.3 Å². The van der Waals surface area contributed by atoms with Gasteiger partial charge in [0.15, 0.2) is 5.65 Å². The van der Waals surface area contributed by atoms with Crippen LogP contribution in [0.25, 0.3) is 27.9 Å². The van der Waals surface area contributed by atoms with Crippen molar-refractivity contribution in [3.8, 4) is 23.1 Å². The van der Waals surface area contributed by atoms with Crippen molar-refractivity contribution in [3.05, 3.63) is 77.7 Å². The molecule has 0 atom stereocenters. The third-order valence-electron chi connectivity index (χ3n) is 5.96. The number of nitrogens with zero attached hydrogens (tertiary/aromatic N) is 5. The van der Waals surface area contributed by atoms with Gasteiger partial charge in [0.05, 0.1) is 25.1 Å². The maximum absolute atomic E-state index is 12.7. The zero-order valence-electron chi connectivity index (χ0n) is 18.7. The highest BCUT2D eigenvalue weighted by atomic mass is 16.5. The molecule has 0 spiro atoms. The number of carbonyl (C=O) groups excluding carboxylic acids is 1. The topological polar surface area (TPSA) is 114 Å². The van der Waals surface area contributed by atoms with Crippen LogP contribution in [0.3, 0.4) is 0 Å². The predicted octanol–water partition coefficient (Wildman–Crippen LogP) is 2.73. The van der Waals surface area contributed by atoms with E-state index in [4.69, 9.17) is 15.6 Å². The summed E-state index contributed by atoms with van der Waals surface area (Å²) in [6.07, 6.45) is 3.51. The molecule has 9 heteroatoms. The van der Waals surface area contributed by atoms with Gasteiger partial charge in [0.1, 0.15) is 17.2 Å². The molecule has 172 valence electrons. The Labute approximate surface area is 200 Å². The van der Waals surface area contributed by atoms with Crippen LogP contribution in [0.1, 0.15) is 21.6 Å². The lowest BCUT2D eigenvalue weighted by Crippen LogP contribution is -2.40. The highest BCUT2D eigenvalue weighted by Gasteiger charge is 2.18. The van der Waals surface area contributed by atoms with E-state index in [1.165, 1.54) is 0 Å². The van der Waals surface area contributed by atoms with E-state index in [2.05, 4.69) is 26.8 Å². The highest BCUT2D eigenvalue weighted by molar-refractivity contribution is 5.94. The number of anilines is 1. The molecule has 5 heterocycles. The number of H-pyrrole nitrogens is 1. The van der Waals surface area contributed by atoms with Crippen molar-refractivity contribution in [3.63, 3.8) is 0 Å². The maximum Gasteiger partial charge on any atom is 0.254 e. The van der Waals surface area contributed by atoms with Crippen LogP contribution in [-0.4, -0.2) is 61.7 Å². The zero-order chi connectivity index (χ0) is 23.8. The van der Waals surface area contributed by atoms with Gasteiger partial charge in [0.25, 0.3) is 5.91 Å². The van der Waals surface area contributed by atoms with E-state index in [0.717, 1.165) is 22.2 Å². The lowest BCUT2D eigenvalue weighted by Gasteiger charge is -2.26. The fraction of sp³-hybridized carbons (Fsp3) is 0.154. The number of imidazole rings is 1. The smallest absolute Gasteiger partial charge is 0.254 e. The van der Waals surface area contributed by atoms with Gasteiger partial charge in [0.2, 0.25) is 0 Å². The van der Waals surface area contributed by atoms with Gasteiger partial charge in [-0.2, -0.15) is 5.10 Å². The number of morpholine rings is 1. The summed E-state index contributed by atoms with van der Waals surface area (Å²) < 4.78 is 7.05. The number of fused-ring (bicyclic) bond motifs is 2. The molecule has 1 aliphatic rings. The molecule has 5 aromatic rings. The zero-order valence-corrected chi connectivity index (χ0v) is 18.7. The normalized spacial score (nSPS) is 13.7. The van der Waals surface area contributed by atoms with E-state index in [-0.39, 0.29) is 5.91 Å². The summed E-state index contributed by atoms with van der Waals surface area (Å²) in [5, 5.41) is 5.65.